The first kappa shape index (κ1) is 11.0. The van der Waals surface area contributed by atoms with Crippen molar-refractivity contribution in [2.24, 2.45) is 0 Å². The highest BCUT2D eigenvalue weighted by Gasteiger charge is 2.20. The van der Waals surface area contributed by atoms with Crippen LogP contribution in [0.4, 0.5) is 8.78 Å². The van der Waals surface area contributed by atoms with Crippen LogP contribution in [0, 0.1) is 0 Å². The van der Waals surface area contributed by atoms with Gasteiger partial charge >= 0.3 is 0 Å². The van der Waals surface area contributed by atoms with Gasteiger partial charge < -0.3 is 5.11 Å². The summed E-state index contributed by atoms with van der Waals surface area (Å²) in [6, 6.07) is 0. The highest BCUT2D eigenvalue weighted by atomic mass is 79.9. The summed E-state index contributed by atoms with van der Waals surface area (Å²) in [5.74, 6) is -0.660. The minimum Gasteiger partial charge on any atom is -0.506 e. The molecule has 0 saturated heterocycles. The van der Waals surface area contributed by atoms with Crippen LogP contribution in [-0.2, 0) is 5.33 Å². The Labute approximate surface area is 86.9 Å². The fourth-order valence-corrected chi connectivity index (χ4v) is 1.49. The molecule has 0 bridgehead atoms. The Balaban J connectivity index is 3.42. The molecule has 1 heterocycles. The molecule has 0 aliphatic rings. The number of alkyl halides is 3. The summed E-state index contributed by atoms with van der Waals surface area (Å²) in [7, 11) is 0. The number of nitrogens with zero attached hydrogens (tertiary/aromatic N) is 1. The molecule has 0 fully saturated rings. The van der Waals surface area contributed by atoms with E-state index in [4.69, 9.17) is 5.11 Å². The number of carbonyl (C=O) groups is 1. The van der Waals surface area contributed by atoms with Crippen LogP contribution in [0.5, 0.6) is 5.75 Å². The van der Waals surface area contributed by atoms with Gasteiger partial charge in [-0.05, 0) is 0 Å². The molecule has 0 aliphatic carbocycles. The van der Waals surface area contributed by atoms with Crippen LogP contribution in [0.3, 0.4) is 0 Å². The lowest BCUT2D eigenvalue weighted by molar-refractivity contribution is 0.110. The van der Waals surface area contributed by atoms with E-state index in [1.54, 1.807) is 0 Å². The summed E-state index contributed by atoms with van der Waals surface area (Å²) in [5.41, 5.74) is -0.727. The summed E-state index contributed by atoms with van der Waals surface area (Å²) < 4.78 is 24.9. The van der Waals surface area contributed by atoms with Crippen molar-refractivity contribution in [1.82, 2.24) is 4.98 Å². The van der Waals surface area contributed by atoms with Crippen LogP contribution in [0.25, 0.3) is 0 Å². The average molecular weight is 266 g/mol. The molecule has 1 aromatic rings. The molecule has 1 rings (SSSR count). The molecule has 0 spiro atoms. The maximum Gasteiger partial charge on any atom is 0.268 e. The molecule has 1 N–H and O–H groups in total. The van der Waals surface area contributed by atoms with Gasteiger partial charge in [0.15, 0.2) is 6.29 Å². The normalized spacial score (nSPS) is 10.6. The lowest BCUT2D eigenvalue weighted by atomic mass is 10.1. The number of halogens is 3. The van der Waals surface area contributed by atoms with Crippen molar-refractivity contribution in [1.29, 1.82) is 0 Å². The van der Waals surface area contributed by atoms with E-state index in [0.29, 0.717) is 0 Å². The minimum absolute atomic E-state index is 0.182. The van der Waals surface area contributed by atoms with Gasteiger partial charge in [0.05, 0.1) is 17.5 Å². The van der Waals surface area contributed by atoms with Crippen molar-refractivity contribution >= 4 is 22.2 Å². The van der Waals surface area contributed by atoms with Crippen LogP contribution >= 0.6 is 15.9 Å². The summed E-state index contributed by atoms with van der Waals surface area (Å²) in [4.78, 5) is 14.2. The van der Waals surface area contributed by atoms with Gasteiger partial charge in [0, 0.05) is 10.9 Å². The largest absolute Gasteiger partial charge is 0.506 e. The zero-order chi connectivity index (χ0) is 10.7. The Kier molecular flexibility index (Phi) is 3.51. The van der Waals surface area contributed by atoms with Gasteiger partial charge in [0.1, 0.15) is 5.75 Å². The van der Waals surface area contributed by atoms with E-state index in [2.05, 4.69) is 20.9 Å². The van der Waals surface area contributed by atoms with E-state index < -0.39 is 17.7 Å². The Hall–Kier alpha value is -1.04. The first-order valence-electron chi connectivity index (χ1n) is 3.61. The van der Waals surface area contributed by atoms with Crippen LogP contribution in [-0.4, -0.2) is 16.4 Å². The van der Waals surface area contributed by atoms with Crippen molar-refractivity contribution in [2.75, 3.05) is 0 Å². The first-order valence-corrected chi connectivity index (χ1v) is 4.74. The van der Waals surface area contributed by atoms with E-state index in [-0.39, 0.29) is 22.9 Å². The summed E-state index contributed by atoms with van der Waals surface area (Å²) in [6.45, 7) is 0. The maximum atomic E-state index is 12.4. The second kappa shape index (κ2) is 4.45. The number of hydrogen-bond donors (Lipinski definition) is 1. The number of aromatic nitrogens is 1. The van der Waals surface area contributed by atoms with E-state index in [1.165, 1.54) is 0 Å². The van der Waals surface area contributed by atoms with Crippen LogP contribution in [0.1, 0.15) is 28.0 Å². The van der Waals surface area contributed by atoms with E-state index in [0.717, 1.165) is 6.20 Å². The van der Waals surface area contributed by atoms with Crippen LogP contribution in [0.2, 0.25) is 0 Å². The quantitative estimate of drug-likeness (QED) is 0.675. The minimum atomic E-state index is -2.89. The Morgan fingerprint density at radius 1 is 1.64 bits per heavy atom. The molecule has 0 aliphatic heterocycles. The predicted octanol–water partition coefficient (Wildman–Crippen LogP) is 2.43. The zero-order valence-corrected chi connectivity index (χ0v) is 8.46. The zero-order valence-electron chi connectivity index (χ0n) is 6.88. The van der Waals surface area contributed by atoms with Crippen molar-refractivity contribution in [3.8, 4) is 5.75 Å². The molecule has 14 heavy (non-hydrogen) atoms. The monoisotopic (exact) mass is 265 g/mol. The van der Waals surface area contributed by atoms with E-state index in [1.807, 2.05) is 0 Å². The Morgan fingerprint density at radius 2 is 2.29 bits per heavy atom. The molecule has 0 amide bonds. The predicted molar refractivity (Wildman–Crippen MR) is 48.9 cm³/mol. The van der Waals surface area contributed by atoms with Crippen molar-refractivity contribution < 1.29 is 18.7 Å². The van der Waals surface area contributed by atoms with Crippen molar-refractivity contribution in [3.05, 3.63) is 23.0 Å². The molecule has 0 unspecified atom stereocenters. The highest BCUT2D eigenvalue weighted by Crippen LogP contribution is 2.31. The number of aldehydes is 1. The fraction of sp³-hybridized carbons (Fsp3) is 0.250. The van der Waals surface area contributed by atoms with Crippen LogP contribution in [0.15, 0.2) is 6.20 Å². The summed E-state index contributed by atoms with van der Waals surface area (Å²) >= 11 is 3.01. The number of rotatable bonds is 3. The van der Waals surface area contributed by atoms with Gasteiger partial charge in [-0.2, -0.15) is 0 Å². The fourth-order valence-electron chi connectivity index (χ4n) is 1.04. The van der Waals surface area contributed by atoms with Crippen LogP contribution < -0.4 is 0 Å². The van der Waals surface area contributed by atoms with Gasteiger partial charge in [-0.1, -0.05) is 15.9 Å². The molecule has 0 atom stereocenters. The van der Waals surface area contributed by atoms with Gasteiger partial charge in [0.25, 0.3) is 6.43 Å². The van der Waals surface area contributed by atoms with Crippen molar-refractivity contribution in [2.45, 2.75) is 11.8 Å². The molecule has 3 nitrogen and oxygen atoms in total. The Morgan fingerprint density at radius 3 is 2.71 bits per heavy atom. The first-order chi connectivity index (χ1) is 6.61. The third kappa shape index (κ3) is 1.89. The smallest absolute Gasteiger partial charge is 0.268 e. The second-order valence-corrected chi connectivity index (χ2v) is 3.03. The standard InChI is InChI=1S/C8H6BrF2NO2/c9-1-5-4(3-13)7(8(10)11)6(14)2-12-5/h2-3,8,14H,1H2. The molecule has 0 saturated carbocycles. The third-order valence-electron chi connectivity index (χ3n) is 1.68. The van der Waals surface area contributed by atoms with E-state index in [9.17, 15) is 13.6 Å². The number of carbonyl (C=O) groups excluding carboxylic acids is 1. The van der Waals surface area contributed by atoms with Gasteiger partial charge in [0.2, 0.25) is 0 Å². The molecule has 76 valence electrons. The summed E-state index contributed by atoms with van der Waals surface area (Å²) in [6.07, 6.45) is -1.72. The average Bonchev–Trinajstić information content (AvgIpc) is 2.16. The molecule has 0 radical (unpaired) electrons. The molecule has 0 aromatic carbocycles. The maximum absolute atomic E-state index is 12.4. The summed E-state index contributed by atoms with van der Waals surface area (Å²) in [5, 5.41) is 9.28. The molecule has 6 heteroatoms. The lowest BCUT2D eigenvalue weighted by Crippen LogP contribution is -2.01. The molecule has 1 aromatic heterocycles. The topological polar surface area (TPSA) is 50.2 Å². The Bertz CT molecular complexity index is 357. The van der Waals surface area contributed by atoms with Gasteiger partial charge in [-0.15, -0.1) is 0 Å². The molecular formula is C8H6BrF2NO2. The molecular weight excluding hydrogens is 260 g/mol. The second-order valence-electron chi connectivity index (χ2n) is 2.47. The van der Waals surface area contributed by atoms with Crippen molar-refractivity contribution in [3.63, 3.8) is 0 Å². The SMILES string of the molecule is O=Cc1c(CBr)ncc(O)c1C(F)F. The number of hydrogen-bond acceptors (Lipinski definition) is 3. The third-order valence-corrected chi connectivity index (χ3v) is 2.21. The lowest BCUT2D eigenvalue weighted by Gasteiger charge is -2.08. The number of pyridine rings is 1. The van der Waals surface area contributed by atoms with Gasteiger partial charge in [-0.25, -0.2) is 8.78 Å². The van der Waals surface area contributed by atoms with E-state index >= 15 is 0 Å². The van der Waals surface area contributed by atoms with Gasteiger partial charge in [-0.3, -0.25) is 9.78 Å². The highest BCUT2D eigenvalue weighted by molar-refractivity contribution is 9.08. The number of aromatic hydroxyl groups is 1.